The van der Waals surface area contributed by atoms with Crippen LogP contribution in [-0.2, 0) is 0 Å². The minimum absolute atomic E-state index is 0.394. The van der Waals surface area contributed by atoms with E-state index >= 15 is 0 Å². The predicted molar refractivity (Wildman–Crippen MR) is 87.0 cm³/mol. The van der Waals surface area contributed by atoms with Gasteiger partial charge in [-0.1, -0.05) is 28.1 Å². The third-order valence-electron chi connectivity index (χ3n) is 2.53. The molecule has 0 N–H and O–H groups in total. The van der Waals surface area contributed by atoms with Gasteiger partial charge in [-0.2, -0.15) is 10.2 Å². The lowest BCUT2D eigenvalue weighted by molar-refractivity contribution is 0.906. The zero-order chi connectivity index (χ0) is 14.0. The first-order valence-electron chi connectivity index (χ1n) is 5.46. The highest BCUT2D eigenvalue weighted by Gasteiger charge is 2.12. The molecule has 0 saturated carbocycles. The molecule has 0 spiro atoms. The van der Waals surface area contributed by atoms with E-state index in [1.165, 1.54) is 0 Å². The van der Waals surface area contributed by atoms with Crippen LogP contribution >= 0.6 is 40.8 Å². The monoisotopic (exact) mass is 354 g/mol. The number of aryl methyl sites for hydroxylation is 1. The first kappa shape index (κ1) is 14.4. The van der Waals surface area contributed by atoms with Crippen LogP contribution in [0.1, 0.15) is 11.4 Å². The fourth-order valence-electron chi connectivity index (χ4n) is 1.58. The van der Waals surface area contributed by atoms with E-state index in [9.17, 15) is 0 Å². The van der Waals surface area contributed by atoms with Gasteiger partial charge in [0.1, 0.15) is 5.69 Å². The molecule has 2 aromatic rings. The minimum Gasteiger partial charge on any atom is -0.218 e. The van der Waals surface area contributed by atoms with Gasteiger partial charge < -0.3 is 0 Å². The van der Waals surface area contributed by atoms with Gasteiger partial charge in [-0.3, -0.25) is 0 Å². The number of aromatic nitrogens is 2. The highest BCUT2D eigenvalue weighted by Crippen LogP contribution is 2.26. The topological polar surface area (TPSA) is 42.5 Å². The number of hydrogen-bond donors (Lipinski definition) is 1. The van der Waals surface area contributed by atoms with Crippen LogP contribution in [0.2, 0.25) is 0 Å². The van der Waals surface area contributed by atoms with Crippen molar-refractivity contribution < 1.29 is 0 Å². The first-order chi connectivity index (χ1) is 8.99. The van der Waals surface area contributed by atoms with Gasteiger partial charge in [0.25, 0.3) is 0 Å². The van der Waals surface area contributed by atoms with Crippen LogP contribution in [0.4, 0.5) is 11.4 Å². The third kappa shape index (κ3) is 3.29. The van der Waals surface area contributed by atoms with Crippen LogP contribution in [0.3, 0.4) is 0 Å². The van der Waals surface area contributed by atoms with E-state index in [1.54, 1.807) is 4.68 Å². The zero-order valence-corrected chi connectivity index (χ0v) is 13.6. The van der Waals surface area contributed by atoms with Crippen LogP contribution in [0.25, 0.3) is 0 Å². The second-order valence-electron chi connectivity index (χ2n) is 3.89. The summed E-state index contributed by atoms with van der Waals surface area (Å²) in [4.78, 5) is 0. The van der Waals surface area contributed by atoms with Crippen molar-refractivity contribution >= 4 is 56.5 Å². The lowest BCUT2D eigenvalue weighted by atomic mass is 10.3. The van der Waals surface area contributed by atoms with Crippen molar-refractivity contribution in [1.29, 1.82) is 0 Å². The van der Waals surface area contributed by atoms with Crippen LogP contribution in [0.15, 0.2) is 39.0 Å². The Balaban J connectivity index is 2.33. The molecule has 1 heterocycles. The Bertz CT molecular complexity index is 646. The lowest BCUT2D eigenvalue weighted by Gasteiger charge is -1.98. The summed E-state index contributed by atoms with van der Waals surface area (Å²) in [6.07, 6.45) is 0. The van der Waals surface area contributed by atoms with E-state index in [1.807, 2.05) is 38.1 Å². The molecule has 1 aromatic heterocycles. The van der Waals surface area contributed by atoms with Gasteiger partial charge in [0, 0.05) is 4.47 Å². The largest absolute Gasteiger partial charge is 0.218 e. The molecule has 0 aliphatic rings. The zero-order valence-electron chi connectivity index (χ0n) is 10.3. The molecule has 0 aliphatic heterocycles. The maximum absolute atomic E-state index is 5.00. The lowest BCUT2D eigenvalue weighted by Crippen LogP contribution is -2.05. The standard InChI is InChI=1S/C12H11BrN4S2/c1-7-11(8(2)17(16-7)12(18)19)15-14-10-5-3-9(13)4-6-10/h3-6H,1-2H3,(H,18,19). The molecule has 0 atom stereocenters. The molecule has 4 nitrogen and oxygen atoms in total. The molecular formula is C12H11BrN4S2. The highest BCUT2D eigenvalue weighted by molar-refractivity contribution is 9.10. The Morgan fingerprint density at radius 3 is 2.42 bits per heavy atom. The second kappa shape index (κ2) is 5.94. The average molecular weight is 355 g/mol. The SMILES string of the molecule is Cc1nn(C(=S)S)c(C)c1N=Nc1ccc(Br)cc1. The molecule has 98 valence electrons. The van der Waals surface area contributed by atoms with E-state index in [2.05, 4.69) is 43.9 Å². The molecule has 7 heteroatoms. The van der Waals surface area contributed by atoms with Gasteiger partial charge in [0.15, 0.2) is 4.32 Å². The van der Waals surface area contributed by atoms with Gasteiger partial charge in [-0.25, -0.2) is 4.68 Å². The van der Waals surface area contributed by atoms with Crippen molar-refractivity contribution in [3.05, 3.63) is 40.1 Å². The molecule has 2 rings (SSSR count). The van der Waals surface area contributed by atoms with E-state index < -0.39 is 0 Å². The fourth-order valence-corrected chi connectivity index (χ4v) is 2.22. The number of thiocarbonyl (C=S) groups is 1. The molecule has 0 amide bonds. The maximum atomic E-state index is 5.00. The van der Waals surface area contributed by atoms with Gasteiger partial charge in [-0.05, 0) is 38.1 Å². The van der Waals surface area contributed by atoms with E-state index in [0.717, 1.165) is 27.2 Å². The van der Waals surface area contributed by atoms with Crippen molar-refractivity contribution in [2.45, 2.75) is 13.8 Å². The van der Waals surface area contributed by atoms with Crippen LogP contribution < -0.4 is 0 Å². The number of thiol groups is 1. The van der Waals surface area contributed by atoms with E-state index in [-0.39, 0.29) is 0 Å². The Hall–Kier alpha value is -1.05. The van der Waals surface area contributed by atoms with Gasteiger partial charge in [-0.15, -0.1) is 17.7 Å². The fraction of sp³-hybridized carbons (Fsp3) is 0.167. The van der Waals surface area contributed by atoms with Gasteiger partial charge >= 0.3 is 0 Å². The Morgan fingerprint density at radius 2 is 1.89 bits per heavy atom. The predicted octanol–water partition coefficient (Wildman–Crippen LogP) is 4.74. The Kier molecular flexibility index (Phi) is 4.49. The van der Waals surface area contributed by atoms with Crippen LogP contribution in [0, 0.1) is 13.8 Å². The van der Waals surface area contributed by atoms with Crippen molar-refractivity contribution in [2.24, 2.45) is 10.2 Å². The third-order valence-corrected chi connectivity index (χ3v) is 3.42. The summed E-state index contributed by atoms with van der Waals surface area (Å²) in [5.74, 6) is 0. The molecule has 0 aliphatic carbocycles. The quantitative estimate of drug-likeness (QED) is 0.480. The minimum atomic E-state index is 0.394. The van der Waals surface area contributed by atoms with Gasteiger partial charge in [0.2, 0.25) is 0 Å². The Morgan fingerprint density at radius 1 is 1.26 bits per heavy atom. The highest BCUT2D eigenvalue weighted by atomic mass is 79.9. The molecule has 0 bridgehead atoms. The number of halogens is 1. The summed E-state index contributed by atoms with van der Waals surface area (Å²) >= 11 is 12.5. The van der Waals surface area contributed by atoms with Crippen LogP contribution in [-0.4, -0.2) is 14.1 Å². The average Bonchev–Trinajstić information content (AvgIpc) is 2.65. The molecular weight excluding hydrogens is 344 g/mol. The number of rotatable bonds is 2. The van der Waals surface area contributed by atoms with Crippen molar-refractivity contribution in [2.75, 3.05) is 0 Å². The van der Waals surface area contributed by atoms with E-state index in [4.69, 9.17) is 12.2 Å². The van der Waals surface area contributed by atoms with Crippen molar-refractivity contribution in [3.8, 4) is 0 Å². The molecule has 0 unspecified atom stereocenters. The molecule has 0 saturated heterocycles. The van der Waals surface area contributed by atoms with Crippen molar-refractivity contribution in [3.63, 3.8) is 0 Å². The van der Waals surface area contributed by atoms with Gasteiger partial charge in [0.05, 0.1) is 17.1 Å². The summed E-state index contributed by atoms with van der Waals surface area (Å²) in [6, 6.07) is 7.60. The maximum Gasteiger partial charge on any atom is 0.158 e. The molecule has 0 fully saturated rings. The normalized spacial score (nSPS) is 11.2. The molecule has 1 aromatic carbocycles. The smallest absolute Gasteiger partial charge is 0.158 e. The summed E-state index contributed by atoms with van der Waals surface area (Å²) in [5, 5.41) is 12.7. The number of nitrogens with zero attached hydrogens (tertiary/aromatic N) is 4. The van der Waals surface area contributed by atoms with Crippen molar-refractivity contribution in [1.82, 2.24) is 9.78 Å². The Labute approximate surface area is 130 Å². The molecule has 0 radical (unpaired) electrons. The second-order valence-corrected chi connectivity index (χ2v) is 5.92. The van der Waals surface area contributed by atoms with E-state index in [0.29, 0.717) is 4.32 Å². The first-order valence-corrected chi connectivity index (χ1v) is 7.10. The summed E-state index contributed by atoms with van der Waals surface area (Å²) in [5.41, 5.74) is 3.11. The van der Waals surface area contributed by atoms with Crippen LogP contribution in [0.5, 0.6) is 0 Å². The summed E-state index contributed by atoms with van der Waals surface area (Å²) in [6.45, 7) is 3.75. The molecule has 19 heavy (non-hydrogen) atoms. The number of azo groups is 1. The summed E-state index contributed by atoms with van der Waals surface area (Å²) < 4.78 is 2.97. The number of hydrogen-bond acceptors (Lipinski definition) is 4. The summed E-state index contributed by atoms with van der Waals surface area (Å²) in [7, 11) is 0. The number of benzene rings is 1.